The molecule has 19 heavy (non-hydrogen) atoms. The van der Waals surface area contributed by atoms with Crippen molar-refractivity contribution in [3.63, 3.8) is 0 Å². The molecule has 0 bridgehead atoms. The number of benzene rings is 1. The molecule has 0 aliphatic heterocycles. The van der Waals surface area contributed by atoms with Crippen molar-refractivity contribution in [3.05, 3.63) is 29.6 Å². The summed E-state index contributed by atoms with van der Waals surface area (Å²) in [6.07, 6.45) is 0.836. The van der Waals surface area contributed by atoms with Crippen LogP contribution in [0.2, 0.25) is 0 Å². The van der Waals surface area contributed by atoms with Gasteiger partial charge in [0.25, 0.3) is 5.91 Å². The van der Waals surface area contributed by atoms with Gasteiger partial charge in [-0.05, 0) is 38.0 Å². The highest BCUT2D eigenvalue weighted by Crippen LogP contribution is 2.20. The van der Waals surface area contributed by atoms with Crippen LogP contribution in [0.25, 0.3) is 0 Å². The van der Waals surface area contributed by atoms with Gasteiger partial charge in [0.1, 0.15) is 0 Å². The normalized spacial score (nSPS) is 13.7. The number of nitrogens with one attached hydrogen (secondary N) is 1. The van der Waals surface area contributed by atoms with Gasteiger partial charge < -0.3 is 15.8 Å². The smallest absolute Gasteiger partial charge is 0.258 e. The summed E-state index contributed by atoms with van der Waals surface area (Å²) in [4.78, 5) is 11.5. The van der Waals surface area contributed by atoms with Gasteiger partial charge in [0.15, 0.2) is 18.2 Å². The quantitative estimate of drug-likeness (QED) is 0.830. The lowest BCUT2D eigenvalue weighted by Gasteiger charge is -2.13. The van der Waals surface area contributed by atoms with E-state index in [0.29, 0.717) is 5.56 Å². The second-order valence-corrected chi connectivity index (χ2v) is 4.64. The Bertz CT molecular complexity index is 435. The van der Waals surface area contributed by atoms with Crippen molar-refractivity contribution in [3.8, 4) is 5.75 Å². The fourth-order valence-electron chi connectivity index (χ4n) is 1.48. The summed E-state index contributed by atoms with van der Waals surface area (Å²) in [5.74, 6) is -0.708. The number of carbonyl (C=O) groups is 1. The molecule has 5 heteroatoms. The van der Waals surface area contributed by atoms with Crippen molar-refractivity contribution in [2.24, 2.45) is 5.73 Å². The second-order valence-electron chi connectivity index (χ2n) is 4.64. The molecule has 1 aromatic carbocycles. The van der Waals surface area contributed by atoms with Crippen LogP contribution in [0.1, 0.15) is 38.8 Å². The van der Waals surface area contributed by atoms with E-state index in [2.05, 4.69) is 5.32 Å². The van der Waals surface area contributed by atoms with Crippen LogP contribution in [-0.2, 0) is 4.79 Å². The summed E-state index contributed by atoms with van der Waals surface area (Å²) in [6, 6.07) is 4.35. The van der Waals surface area contributed by atoms with E-state index in [4.69, 9.17) is 10.5 Å². The predicted molar refractivity (Wildman–Crippen MR) is 72.4 cm³/mol. The average molecular weight is 268 g/mol. The maximum atomic E-state index is 13.7. The minimum absolute atomic E-state index is 0.0590. The zero-order valence-corrected chi connectivity index (χ0v) is 11.6. The van der Waals surface area contributed by atoms with Gasteiger partial charge in [-0.3, -0.25) is 4.79 Å². The Morgan fingerprint density at radius 2 is 2.16 bits per heavy atom. The molecular weight excluding hydrogens is 247 g/mol. The molecule has 0 heterocycles. The highest BCUT2D eigenvalue weighted by Gasteiger charge is 2.10. The lowest BCUT2D eigenvalue weighted by Crippen LogP contribution is -2.35. The van der Waals surface area contributed by atoms with Crippen molar-refractivity contribution in [1.29, 1.82) is 0 Å². The molecule has 0 radical (unpaired) electrons. The maximum Gasteiger partial charge on any atom is 0.258 e. The first-order valence-corrected chi connectivity index (χ1v) is 6.41. The second kappa shape index (κ2) is 7.09. The summed E-state index contributed by atoms with van der Waals surface area (Å²) in [5, 5.41) is 2.74. The maximum absolute atomic E-state index is 13.7. The summed E-state index contributed by atoms with van der Waals surface area (Å²) in [6.45, 7) is 5.45. The highest BCUT2D eigenvalue weighted by atomic mass is 19.1. The van der Waals surface area contributed by atoms with Crippen LogP contribution < -0.4 is 15.8 Å². The largest absolute Gasteiger partial charge is 0.481 e. The molecular formula is C14H21FN2O2. The van der Waals surface area contributed by atoms with E-state index in [9.17, 15) is 9.18 Å². The van der Waals surface area contributed by atoms with Crippen molar-refractivity contribution in [2.75, 3.05) is 6.61 Å². The first-order chi connectivity index (χ1) is 8.93. The number of halogens is 1. The van der Waals surface area contributed by atoms with Crippen LogP contribution >= 0.6 is 0 Å². The molecule has 0 saturated carbocycles. The van der Waals surface area contributed by atoms with Crippen LogP contribution in [0.3, 0.4) is 0 Å². The third-order valence-corrected chi connectivity index (χ3v) is 2.86. The molecule has 106 valence electrons. The van der Waals surface area contributed by atoms with E-state index in [-0.39, 0.29) is 30.3 Å². The minimum atomic E-state index is -0.508. The van der Waals surface area contributed by atoms with Crippen LogP contribution in [0.4, 0.5) is 4.39 Å². The summed E-state index contributed by atoms with van der Waals surface area (Å²) < 4.78 is 18.8. The van der Waals surface area contributed by atoms with E-state index < -0.39 is 5.82 Å². The Morgan fingerprint density at radius 3 is 2.68 bits per heavy atom. The van der Waals surface area contributed by atoms with E-state index in [0.717, 1.165) is 6.42 Å². The molecule has 0 aliphatic rings. The lowest BCUT2D eigenvalue weighted by molar-refractivity contribution is -0.123. The zero-order chi connectivity index (χ0) is 14.4. The Balaban J connectivity index is 2.56. The molecule has 0 fully saturated rings. The Kier molecular flexibility index (Phi) is 5.76. The van der Waals surface area contributed by atoms with Crippen LogP contribution in [0.15, 0.2) is 18.2 Å². The van der Waals surface area contributed by atoms with Gasteiger partial charge in [0, 0.05) is 12.1 Å². The molecule has 3 N–H and O–H groups in total. The molecule has 0 aromatic heterocycles. The Morgan fingerprint density at radius 1 is 1.47 bits per heavy atom. The lowest BCUT2D eigenvalue weighted by atomic mass is 10.1. The Labute approximate surface area is 113 Å². The van der Waals surface area contributed by atoms with Gasteiger partial charge in [0.05, 0.1) is 0 Å². The number of nitrogens with two attached hydrogens (primary N) is 1. The minimum Gasteiger partial charge on any atom is -0.481 e. The van der Waals surface area contributed by atoms with E-state index in [1.807, 2.05) is 13.8 Å². The number of amides is 1. The fraction of sp³-hybridized carbons (Fsp3) is 0.500. The molecule has 0 saturated heterocycles. The third kappa shape index (κ3) is 4.87. The summed E-state index contributed by atoms with van der Waals surface area (Å²) in [5.41, 5.74) is 6.34. The standard InChI is InChI=1S/C14H21FN2O2/c1-4-9(2)17-14(18)8-19-13-6-5-11(10(3)16)7-12(13)15/h5-7,9-10H,4,8,16H2,1-3H3,(H,17,18)/t9?,10-/m1/s1. The van der Waals surface area contributed by atoms with E-state index in [1.54, 1.807) is 13.0 Å². The zero-order valence-electron chi connectivity index (χ0n) is 11.6. The monoisotopic (exact) mass is 268 g/mol. The first kappa shape index (κ1) is 15.4. The molecule has 0 spiro atoms. The van der Waals surface area contributed by atoms with E-state index >= 15 is 0 Å². The predicted octanol–water partition coefficient (Wildman–Crippen LogP) is 2.14. The van der Waals surface area contributed by atoms with Gasteiger partial charge >= 0.3 is 0 Å². The fourth-order valence-corrected chi connectivity index (χ4v) is 1.48. The van der Waals surface area contributed by atoms with Crippen LogP contribution in [0, 0.1) is 5.82 Å². The average Bonchev–Trinajstić information content (AvgIpc) is 2.36. The molecule has 0 aliphatic carbocycles. The van der Waals surface area contributed by atoms with Crippen molar-refractivity contribution in [1.82, 2.24) is 5.32 Å². The van der Waals surface area contributed by atoms with Gasteiger partial charge in [-0.1, -0.05) is 13.0 Å². The number of carbonyl (C=O) groups excluding carboxylic acids is 1. The van der Waals surface area contributed by atoms with Gasteiger partial charge in [-0.15, -0.1) is 0 Å². The Hall–Kier alpha value is -1.62. The molecule has 2 atom stereocenters. The number of hydrogen-bond donors (Lipinski definition) is 2. The van der Waals surface area contributed by atoms with Crippen molar-refractivity contribution >= 4 is 5.91 Å². The third-order valence-electron chi connectivity index (χ3n) is 2.86. The van der Waals surface area contributed by atoms with Gasteiger partial charge in [-0.25, -0.2) is 4.39 Å². The highest BCUT2D eigenvalue weighted by molar-refractivity contribution is 5.77. The first-order valence-electron chi connectivity index (χ1n) is 6.41. The summed E-state index contributed by atoms with van der Waals surface area (Å²) >= 11 is 0. The van der Waals surface area contributed by atoms with Gasteiger partial charge in [-0.2, -0.15) is 0 Å². The number of rotatable bonds is 6. The summed E-state index contributed by atoms with van der Waals surface area (Å²) in [7, 11) is 0. The number of ether oxygens (including phenoxy) is 1. The molecule has 4 nitrogen and oxygen atoms in total. The van der Waals surface area contributed by atoms with E-state index in [1.165, 1.54) is 12.1 Å². The molecule has 1 rings (SSSR count). The van der Waals surface area contributed by atoms with Gasteiger partial charge in [0.2, 0.25) is 0 Å². The van der Waals surface area contributed by atoms with Crippen LogP contribution in [-0.4, -0.2) is 18.6 Å². The SMILES string of the molecule is CCC(C)NC(=O)COc1ccc([C@@H](C)N)cc1F. The number of hydrogen-bond acceptors (Lipinski definition) is 3. The van der Waals surface area contributed by atoms with Crippen molar-refractivity contribution < 1.29 is 13.9 Å². The molecule has 1 unspecified atom stereocenters. The van der Waals surface area contributed by atoms with Crippen LogP contribution in [0.5, 0.6) is 5.75 Å². The van der Waals surface area contributed by atoms with Crippen molar-refractivity contribution in [2.45, 2.75) is 39.3 Å². The topological polar surface area (TPSA) is 64.3 Å². The molecule has 1 aromatic rings. The molecule has 1 amide bonds.